The van der Waals surface area contributed by atoms with Crippen LogP contribution in [0.3, 0.4) is 0 Å². The first-order chi connectivity index (χ1) is 6.27. The van der Waals surface area contributed by atoms with E-state index in [1.807, 2.05) is 0 Å². The summed E-state index contributed by atoms with van der Waals surface area (Å²) < 4.78 is 12.6. The number of benzene rings is 1. The number of carbonyl (C=O) groups excluding carboxylic acids is 1. The summed E-state index contributed by atoms with van der Waals surface area (Å²) in [6.45, 7) is 1.29. The summed E-state index contributed by atoms with van der Waals surface area (Å²) in [7, 11) is 0. The number of halogens is 1. The highest BCUT2D eigenvalue weighted by atomic mass is 19.1. The SMILES string of the molecule is O=C1NCCN1c1ccc(F)cc1. The van der Waals surface area contributed by atoms with Crippen molar-refractivity contribution >= 4 is 11.7 Å². The summed E-state index contributed by atoms with van der Waals surface area (Å²) in [5, 5.41) is 2.68. The third kappa shape index (κ3) is 1.47. The van der Waals surface area contributed by atoms with Crippen LogP contribution in [-0.4, -0.2) is 19.1 Å². The van der Waals surface area contributed by atoms with E-state index in [1.54, 1.807) is 17.0 Å². The average molecular weight is 180 g/mol. The predicted octanol–water partition coefficient (Wildman–Crippen LogP) is 1.36. The molecule has 1 aromatic rings. The second-order valence-corrected chi connectivity index (χ2v) is 2.86. The van der Waals surface area contributed by atoms with E-state index in [-0.39, 0.29) is 11.8 Å². The Kier molecular flexibility index (Phi) is 1.88. The maximum atomic E-state index is 12.6. The van der Waals surface area contributed by atoms with Gasteiger partial charge in [-0.1, -0.05) is 0 Å². The van der Waals surface area contributed by atoms with Gasteiger partial charge in [-0.05, 0) is 24.3 Å². The molecule has 1 aliphatic rings. The van der Waals surface area contributed by atoms with E-state index in [1.165, 1.54) is 12.1 Å². The fraction of sp³-hybridized carbons (Fsp3) is 0.222. The normalized spacial score (nSPS) is 16.1. The number of hydrogen-bond acceptors (Lipinski definition) is 1. The highest BCUT2D eigenvalue weighted by Crippen LogP contribution is 2.16. The Morgan fingerprint density at radius 2 is 2.00 bits per heavy atom. The van der Waals surface area contributed by atoms with Gasteiger partial charge in [0.25, 0.3) is 0 Å². The van der Waals surface area contributed by atoms with Gasteiger partial charge in [0.15, 0.2) is 0 Å². The van der Waals surface area contributed by atoms with Crippen LogP contribution in [0.4, 0.5) is 14.9 Å². The molecular weight excluding hydrogens is 171 g/mol. The lowest BCUT2D eigenvalue weighted by atomic mass is 10.3. The van der Waals surface area contributed by atoms with Crippen molar-refractivity contribution in [3.05, 3.63) is 30.1 Å². The van der Waals surface area contributed by atoms with Gasteiger partial charge < -0.3 is 5.32 Å². The number of anilines is 1. The average Bonchev–Trinajstić information content (AvgIpc) is 2.53. The third-order valence-electron chi connectivity index (χ3n) is 2.00. The zero-order valence-electron chi connectivity index (χ0n) is 6.96. The zero-order chi connectivity index (χ0) is 9.26. The molecule has 0 unspecified atom stereocenters. The maximum absolute atomic E-state index is 12.6. The second-order valence-electron chi connectivity index (χ2n) is 2.86. The smallest absolute Gasteiger partial charge is 0.321 e. The number of nitrogens with one attached hydrogen (secondary N) is 1. The molecule has 4 heteroatoms. The van der Waals surface area contributed by atoms with E-state index in [9.17, 15) is 9.18 Å². The minimum Gasteiger partial charge on any atom is -0.336 e. The fourth-order valence-electron chi connectivity index (χ4n) is 1.34. The summed E-state index contributed by atoms with van der Waals surface area (Å²) >= 11 is 0. The van der Waals surface area contributed by atoms with Gasteiger partial charge in [0, 0.05) is 18.8 Å². The topological polar surface area (TPSA) is 32.3 Å². The van der Waals surface area contributed by atoms with Crippen LogP contribution in [0.2, 0.25) is 0 Å². The number of nitrogens with zero attached hydrogens (tertiary/aromatic N) is 1. The molecule has 1 fully saturated rings. The Hall–Kier alpha value is -1.58. The molecule has 68 valence electrons. The molecule has 1 N–H and O–H groups in total. The molecule has 2 rings (SSSR count). The van der Waals surface area contributed by atoms with Crippen LogP contribution in [0.1, 0.15) is 0 Å². The first-order valence-corrected chi connectivity index (χ1v) is 4.08. The minimum atomic E-state index is -0.289. The van der Waals surface area contributed by atoms with Crippen LogP contribution in [0, 0.1) is 5.82 Å². The lowest BCUT2D eigenvalue weighted by molar-refractivity contribution is 0.252. The van der Waals surface area contributed by atoms with Gasteiger partial charge >= 0.3 is 6.03 Å². The van der Waals surface area contributed by atoms with Crippen LogP contribution < -0.4 is 10.2 Å². The number of carbonyl (C=O) groups is 1. The predicted molar refractivity (Wildman–Crippen MR) is 47.1 cm³/mol. The molecule has 0 spiro atoms. The minimum absolute atomic E-state index is 0.119. The number of amides is 2. The Balaban J connectivity index is 2.25. The lowest BCUT2D eigenvalue weighted by Gasteiger charge is -2.13. The molecule has 0 aliphatic carbocycles. The summed E-state index contributed by atoms with van der Waals surface area (Å²) in [4.78, 5) is 12.8. The molecule has 13 heavy (non-hydrogen) atoms. The van der Waals surface area contributed by atoms with Crippen molar-refractivity contribution in [2.45, 2.75) is 0 Å². The van der Waals surface area contributed by atoms with Gasteiger partial charge in [-0.3, -0.25) is 4.90 Å². The van der Waals surface area contributed by atoms with Gasteiger partial charge in [0.05, 0.1) is 0 Å². The molecule has 1 saturated heterocycles. The van der Waals surface area contributed by atoms with Crippen molar-refractivity contribution in [3.63, 3.8) is 0 Å². The van der Waals surface area contributed by atoms with Crippen LogP contribution >= 0.6 is 0 Å². The molecular formula is C9H9FN2O. The molecule has 0 atom stereocenters. The van der Waals surface area contributed by atoms with E-state index < -0.39 is 0 Å². The van der Waals surface area contributed by atoms with E-state index in [0.29, 0.717) is 13.1 Å². The highest BCUT2D eigenvalue weighted by Gasteiger charge is 2.20. The van der Waals surface area contributed by atoms with Crippen LogP contribution in [0.25, 0.3) is 0 Å². The maximum Gasteiger partial charge on any atom is 0.321 e. The lowest BCUT2D eigenvalue weighted by Crippen LogP contribution is -2.27. The molecule has 1 aromatic carbocycles. The monoisotopic (exact) mass is 180 g/mol. The fourth-order valence-corrected chi connectivity index (χ4v) is 1.34. The molecule has 1 heterocycles. The molecule has 2 amide bonds. The molecule has 3 nitrogen and oxygen atoms in total. The molecule has 0 saturated carbocycles. The van der Waals surface area contributed by atoms with Gasteiger partial charge in [0.2, 0.25) is 0 Å². The third-order valence-corrected chi connectivity index (χ3v) is 2.00. The molecule has 1 aliphatic heterocycles. The quantitative estimate of drug-likeness (QED) is 0.695. The Morgan fingerprint density at radius 1 is 1.31 bits per heavy atom. The van der Waals surface area contributed by atoms with Crippen molar-refractivity contribution in [1.82, 2.24) is 5.32 Å². The number of hydrogen-bond donors (Lipinski definition) is 1. The van der Waals surface area contributed by atoms with Gasteiger partial charge in [-0.25, -0.2) is 9.18 Å². The van der Waals surface area contributed by atoms with E-state index in [2.05, 4.69) is 5.32 Å². The van der Waals surface area contributed by atoms with Gasteiger partial charge in [-0.2, -0.15) is 0 Å². The van der Waals surface area contributed by atoms with Crippen molar-refractivity contribution < 1.29 is 9.18 Å². The first kappa shape index (κ1) is 8.04. The van der Waals surface area contributed by atoms with Crippen molar-refractivity contribution in [2.24, 2.45) is 0 Å². The van der Waals surface area contributed by atoms with Gasteiger partial charge in [0.1, 0.15) is 5.82 Å². The van der Waals surface area contributed by atoms with E-state index >= 15 is 0 Å². The summed E-state index contributed by atoms with van der Waals surface area (Å²) in [6.07, 6.45) is 0. The van der Waals surface area contributed by atoms with Gasteiger partial charge in [-0.15, -0.1) is 0 Å². The van der Waals surface area contributed by atoms with Crippen molar-refractivity contribution in [3.8, 4) is 0 Å². The molecule has 0 radical (unpaired) electrons. The van der Waals surface area contributed by atoms with Crippen LogP contribution in [0.15, 0.2) is 24.3 Å². The first-order valence-electron chi connectivity index (χ1n) is 4.08. The summed E-state index contributed by atoms with van der Waals surface area (Å²) in [5.74, 6) is -0.289. The van der Waals surface area contributed by atoms with Crippen molar-refractivity contribution in [2.75, 3.05) is 18.0 Å². The Bertz CT molecular complexity index is 323. The van der Waals surface area contributed by atoms with E-state index in [0.717, 1.165) is 5.69 Å². The van der Waals surface area contributed by atoms with Crippen molar-refractivity contribution in [1.29, 1.82) is 0 Å². The van der Waals surface area contributed by atoms with E-state index in [4.69, 9.17) is 0 Å². The number of urea groups is 1. The molecule has 0 bridgehead atoms. The zero-order valence-corrected chi connectivity index (χ0v) is 6.96. The van der Waals surface area contributed by atoms with Crippen LogP contribution in [0.5, 0.6) is 0 Å². The largest absolute Gasteiger partial charge is 0.336 e. The summed E-state index contributed by atoms with van der Waals surface area (Å²) in [5.41, 5.74) is 0.733. The Labute approximate surface area is 75.2 Å². The second kappa shape index (κ2) is 3.05. The molecule has 0 aromatic heterocycles. The highest BCUT2D eigenvalue weighted by molar-refractivity contribution is 5.93. The Morgan fingerprint density at radius 3 is 2.54 bits per heavy atom. The number of rotatable bonds is 1. The standard InChI is InChI=1S/C9H9FN2O/c10-7-1-3-8(4-2-7)12-6-5-11-9(12)13/h1-4H,5-6H2,(H,11,13). The van der Waals surface area contributed by atoms with Crippen LogP contribution in [-0.2, 0) is 0 Å². The summed E-state index contributed by atoms with van der Waals surface area (Å²) in [6, 6.07) is 5.77.